The number of hydrogen-bond acceptors (Lipinski definition) is 5. The number of hydrazine groups is 1. The molecule has 0 aromatic rings. The molecule has 0 aromatic carbocycles. The predicted octanol–water partition coefficient (Wildman–Crippen LogP) is -1.33. The van der Waals surface area contributed by atoms with Crippen molar-refractivity contribution in [2.75, 3.05) is 58.9 Å². The van der Waals surface area contributed by atoms with Crippen LogP contribution < -0.4 is 16.1 Å². The molecule has 2 rings (SSSR count). The van der Waals surface area contributed by atoms with Crippen LogP contribution in [0.3, 0.4) is 0 Å². The summed E-state index contributed by atoms with van der Waals surface area (Å²) in [6.07, 6.45) is 0. The van der Waals surface area contributed by atoms with Crippen LogP contribution in [-0.2, 0) is 4.79 Å². The third-order valence-corrected chi connectivity index (χ3v) is 2.98. The lowest BCUT2D eigenvalue weighted by molar-refractivity contribution is -0.127. The Hall–Kier alpha value is -0.110. The molecule has 0 aromatic heterocycles. The summed E-state index contributed by atoms with van der Waals surface area (Å²) in [5.74, 6) is 0.115. The second kappa shape index (κ2) is 9.77. The number of rotatable bonds is 3. The Bertz CT molecular complexity index is 210. The van der Waals surface area contributed by atoms with Gasteiger partial charge in [0.15, 0.2) is 0 Å². The fourth-order valence-electron chi connectivity index (χ4n) is 2.06. The zero-order chi connectivity index (χ0) is 11.2. The van der Waals surface area contributed by atoms with Gasteiger partial charge in [-0.1, -0.05) is 0 Å². The lowest BCUT2D eigenvalue weighted by atomic mass is 10.3. The first-order chi connectivity index (χ1) is 7.84. The minimum Gasteiger partial charge on any atom is -0.314 e. The maximum atomic E-state index is 11.7. The summed E-state index contributed by atoms with van der Waals surface area (Å²) < 4.78 is 0. The molecule has 2 saturated heterocycles. The summed E-state index contributed by atoms with van der Waals surface area (Å²) in [4.78, 5) is 13.9. The van der Waals surface area contributed by atoms with Crippen LogP contribution in [-0.4, -0.2) is 74.7 Å². The van der Waals surface area contributed by atoms with Crippen molar-refractivity contribution in [3.05, 3.63) is 0 Å². The second-order valence-corrected chi connectivity index (χ2v) is 4.30. The van der Waals surface area contributed by atoms with E-state index < -0.39 is 0 Å². The number of carbonyl (C=O) groups is 1. The van der Waals surface area contributed by atoms with Crippen molar-refractivity contribution >= 4 is 30.7 Å². The predicted molar refractivity (Wildman–Crippen MR) is 76.4 cm³/mol. The SMILES string of the molecule is Cl.Cl.O=C(CN1CCNCC1)NN1CCNCC1. The van der Waals surface area contributed by atoms with E-state index in [1.807, 2.05) is 5.01 Å². The minimum absolute atomic E-state index is 0. The van der Waals surface area contributed by atoms with Crippen molar-refractivity contribution in [3.63, 3.8) is 0 Å². The first kappa shape index (κ1) is 17.9. The van der Waals surface area contributed by atoms with Gasteiger partial charge in [0, 0.05) is 52.4 Å². The fraction of sp³-hybridized carbons (Fsp3) is 0.900. The van der Waals surface area contributed by atoms with E-state index in [0.717, 1.165) is 52.4 Å². The van der Waals surface area contributed by atoms with Gasteiger partial charge in [0.2, 0.25) is 5.91 Å². The molecule has 2 aliphatic rings. The lowest BCUT2D eigenvalue weighted by Gasteiger charge is -2.30. The molecule has 0 aliphatic carbocycles. The van der Waals surface area contributed by atoms with Gasteiger partial charge in [-0.3, -0.25) is 15.1 Å². The quantitative estimate of drug-likeness (QED) is 0.603. The van der Waals surface area contributed by atoms with Gasteiger partial charge < -0.3 is 10.6 Å². The van der Waals surface area contributed by atoms with Crippen LogP contribution in [0.15, 0.2) is 0 Å². The summed E-state index contributed by atoms with van der Waals surface area (Å²) in [6.45, 7) is 8.12. The van der Waals surface area contributed by atoms with E-state index in [0.29, 0.717) is 6.54 Å². The highest BCUT2D eigenvalue weighted by atomic mass is 35.5. The zero-order valence-electron chi connectivity index (χ0n) is 10.5. The van der Waals surface area contributed by atoms with Gasteiger partial charge in [0.25, 0.3) is 0 Å². The Morgan fingerprint density at radius 2 is 1.44 bits per heavy atom. The molecule has 0 saturated carbocycles. The number of nitrogens with zero attached hydrogens (tertiary/aromatic N) is 2. The van der Waals surface area contributed by atoms with Gasteiger partial charge in [0.1, 0.15) is 0 Å². The second-order valence-electron chi connectivity index (χ2n) is 4.30. The number of carbonyl (C=O) groups excluding carboxylic acids is 1. The molecule has 0 bridgehead atoms. The monoisotopic (exact) mass is 299 g/mol. The molecule has 6 nitrogen and oxygen atoms in total. The van der Waals surface area contributed by atoms with E-state index in [9.17, 15) is 4.79 Å². The maximum Gasteiger partial charge on any atom is 0.248 e. The largest absolute Gasteiger partial charge is 0.314 e. The molecule has 108 valence electrons. The molecule has 2 heterocycles. The first-order valence-electron chi connectivity index (χ1n) is 6.03. The van der Waals surface area contributed by atoms with Gasteiger partial charge in [-0.05, 0) is 0 Å². The molecule has 2 aliphatic heterocycles. The van der Waals surface area contributed by atoms with Crippen LogP contribution in [0.2, 0.25) is 0 Å². The molecule has 0 radical (unpaired) electrons. The fourth-order valence-corrected chi connectivity index (χ4v) is 2.06. The number of nitrogens with one attached hydrogen (secondary N) is 3. The van der Waals surface area contributed by atoms with Crippen LogP contribution in [0.25, 0.3) is 0 Å². The van der Waals surface area contributed by atoms with Gasteiger partial charge in [-0.25, -0.2) is 5.01 Å². The van der Waals surface area contributed by atoms with E-state index in [-0.39, 0.29) is 30.7 Å². The van der Waals surface area contributed by atoms with E-state index in [4.69, 9.17) is 0 Å². The summed E-state index contributed by atoms with van der Waals surface area (Å²) in [7, 11) is 0. The Labute approximate surface area is 121 Å². The molecular formula is C10H23Cl2N5O. The highest BCUT2D eigenvalue weighted by Crippen LogP contribution is 1.92. The number of hydrogen-bond donors (Lipinski definition) is 3. The summed E-state index contributed by atoms with van der Waals surface area (Å²) in [6, 6.07) is 0. The Kier molecular flexibility index (Phi) is 9.71. The highest BCUT2D eigenvalue weighted by molar-refractivity contribution is 5.85. The first-order valence-corrected chi connectivity index (χ1v) is 6.03. The number of halogens is 2. The minimum atomic E-state index is 0. The third-order valence-electron chi connectivity index (χ3n) is 2.98. The van der Waals surface area contributed by atoms with Crippen LogP contribution in [0.4, 0.5) is 0 Å². The van der Waals surface area contributed by atoms with E-state index >= 15 is 0 Å². The average molecular weight is 300 g/mol. The molecule has 3 N–H and O–H groups in total. The summed E-state index contributed by atoms with van der Waals surface area (Å²) in [5, 5.41) is 8.54. The highest BCUT2D eigenvalue weighted by Gasteiger charge is 2.16. The van der Waals surface area contributed by atoms with E-state index in [2.05, 4.69) is 21.0 Å². The van der Waals surface area contributed by atoms with Crippen LogP contribution in [0, 0.1) is 0 Å². The van der Waals surface area contributed by atoms with Crippen molar-refractivity contribution in [1.82, 2.24) is 26.0 Å². The van der Waals surface area contributed by atoms with Crippen molar-refractivity contribution < 1.29 is 4.79 Å². The van der Waals surface area contributed by atoms with Crippen molar-refractivity contribution in [1.29, 1.82) is 0 Å². The molecule has 0 atom stereocenters. The summed E-state index contributed by atoms with van der Waals surface area (Å²) in [5.41, 5.74) is 2.96. The normalized spacial score (nSPS) is 21.6. The molecule has 1 amide bonds. The Balaban J connectivity index is 0.00000144. The van der Waals surface area contributed by atoms with Crippen molar-refractivity contribution in [3.8, 4) is 0 Å². The molecule has 2 fully saturated rings. The smallest absolute Gasteiger partial charge is 0.248 e. The topological polar surface area (TPSA) is 59.6 Å². The molecular weight excluding hydrogens is 277 g/mol. The zero-order valence-corrected chi connectivity index (χ0v) is 12.1. The van der Waals surface area contributed by atoms with Crippen molar-refractivity contribution in [2.45, 2.75) is 0 Å². The summed E-state index contributed by atoms with van der Waals surface area (Å²) >= 11 is 0. The lowest BCUT2D eigenvalue weighted by Crippen LogP contribution is -2.55. The Morgan fingerprint density at radius 1 is 0.944 bits per heavy atom. The Morgan fingerprint density at radius 3 is 2.00 bits per heavy atom. The average Bonchev–Trinajstić information content (AvgIpc) is 2.31. The third kappa shape index (κ3) is 6.17. The molecule has 0 unspecified atom stereocenters. The van der Waals surface area contributed by atoms with Crippen LogP contribution in [0.5, 0.6) is 0 Å². The molecule has 18 heavy (non-hydrogen) atoms. The van der Waals surface area contributed by atoms with Crippen LogP contribution in [0.1, 0.15) is 0 Å². The van der Waals surface area contributed by atoms with Crippen LogP contribution >= 0.6 is 24.8 Å². The van der Waals surface area contributed by atoms with Gasteiger partial charge in [-0.2, -0.15) is 0 Å². The van der Waals surface area contributed by atoms with Crippen molar-refractivity contribution in [2.24, 2.45) is 0 Å². The standard InChI is InChI=1S/C10H21N5O.2ClH/c16-10(9-14-5-1-11-2-6-14)13-15-7-3-12-4-8-15;;/h11-12H,1-9H2,(H,13,16);2*1H. The van der Waals surface area contributed by atoms with Gasteiger partial charge >= 0.3 is 0 Å². The number of piperazine rings is 2. The number of amides is 1. The maximum absolute atomic E-state index is 11.7. The molecule has 8 heteroatoms. The van der Waals surface area contributed by atoms with E-state index in [1.54, 1.807) is 0 Å². The van der Waals surface area contributed by atoms with Gasteiger partial charge in [-0.15, -0.1) is 24.8 Å². The van der Waals surface area contributed by atoms with E-state index in [1.165, 1.54) is 0 Å². The van der Waals surface area contributed by atoms with Gasteiger partial charge in [0.05, 0.1) is 6.54 Å². The molecule has 0 spiro atoms.